The summed E-state index contributed by atoms with van der Waals surface area (Å²) in [5.41, 5.74) is 0.384. The quantitative estimate of drug-likeness (QED) is 0.589. The first-order valence-corrected chi connectivity index (χ1v) is 8.76. The van der Waals surface area contributed by atoms with Crippen molar-refractivity contribution < 1.29 is 27.2 Å². The summed E-state index contributed by atoms with van der Waals surface area (Å²) in [6, 6.07) is 8.12. The second-order valence-corrected chi connectivity index (χ2v) is 6.54. The standard InChI is InChI=1S/C19H15ClF4N4O2/c1-10-15(21)4-12(18(30)27-9-19(22,23)24)5-16(10)26-8-17(29)28-13-3-2-11(7-25)14(20)6-13/h2-6,26H,8-9H2,1H3,(H,27,30)(H,28,29). The number of amides is 2. The van der Waals surface area contributed by atoms with Gasteiger partial charge in [0.15, 0.2) is 0 Å². The van der Waals surface area contributed by atoms with Gasteiger partial charge in [0.05, 0.1) is 17.1 Å². The van der Waals surface area contributed by atoms with E-state index in [1.54, 1.807) is 5.32 Å². The lowest BCUT2D eigenvalue weighted by atomic mass is 10.1. The molecule has 0 saturated carbocycles. The number of carbonyl (C=O) groups excluding carboxylic acids is 2. The Hall–Kier alpha value is -3.32. The Morgan fingerprint density at radius 3 is 2.50 bits per heavy atom. The van der Waals surface area contributed by atoms with Crippen LogP contribution in [0.15, 0.2) is 30.3 Å². The van der Waals surface area contributed by atoms with Crippen LogP contribution in [0.5, 0.6) is 0 Å². The first-order chi connectivity index (χ1) is 14.0. The van der Waals surface area contributed by atoms with Crippen LogP contribution >= 0.6 is 11.6 Å². The van der Waals surface area contributed by atoms with Gasteiger partial charge in [0.2, 0.25) is 5.91 Å². The molecular weight excluding hydrogens is 428 g/mol. The third kappa shape index (κ3) is 6.35. The Morgan fingerprint density at radius 1 is 1.20 bits per heavy atom. The lowest BCUT2D eigenvalue weighted by Gasteiger charge is -2.14. The summed E-state index contributed by atoms with van der Waals surface area (Å²) in [4.78, 5) is 24.0. The number of hydrogen-bond donors (Lipinski definition) is 3. The highest BCUT2D eigenvalue weighted by atomic mass is 35.5. The van der Waals surface area contributed by atoms with Crippen molar-refractivity contribution in [2.45, 2.75) is 13.1 Å². The molecule has 3 N–H and O–H groups in total. The fraction of sp³-hybridized carbons (Fsp3) is 0.211. The summed E-state index contributed by atoms with van der Waals surface area (Å²) < 4.78 is 50.8. The van der Waals surface area contributed by atoms with Crippen molar-refractivity contribution >= 4 is 34.8 Å². The molecule has 2 aromatic rings. The molecule has 0 radical (unpaired) electrons. The van der Waals surface area contributed by atoms with Crippen LogP contribution < -0.4 is 16.0 Å². The first kappa shape index (κ1) is 23.0. The molecule has 0 unspecified atom stereocenters. The minimum absolute atomic E-state index is 0.0696. The number of halogens is 5. The Labute approximate surface area is 173 Å². The minimum Gasteiger partial charge on any atom is -0.376 e. The second kappa shape index (κ2) is 9.45. The second-order valence-electron chi connectivity index (χ2n) is 6.14. The lowest BCUT2D eigenvalue weighted by molar-refractivity contribution is -0.123. The Kier molecular flexibility index (Phi) is 7.24. The summed E-state index contributed by atoms with van der Waals surface area (Å²) in [7, 11) is 0. The maximum Gasteiger partial charge on any atom is 0.405 e. The van der Waals surface area contributed by atoms with E-state index in [0.717, 1.165) is 12.1 Å². The molecule has 0 atom stereocenters. The Morgan fingerprint density at radius 2 is 1.90 bits per heavy atom. The van der Waals surface area contributed by atoms with E-state index in [0.29, 0.717) is 5.69 Å². The predicted molar refractivity (Wildman–Crippen MR) is 103 cm³/mol. The molecule has 2 amide bonds. The summed E-state index contributed by atoms with van der Waals surface area (Å²) in [5.74, 6) is -2.47. The summed E-state index contributed by atoms with van der Waals surface area (Å²) >= 11 is 5.89. The van der Waals surface area contributed by atoms with E-state index in [2.05, 4.69) is 10.6 Å². The van der Waals surface area contributed by atoms with Gasteiger partial charge in [0.25, 0.3) is 5.91 Å². The smallest absolute Gasteiger partial charge is 0.376 e. The van der Waals surface area contributed by atoms with Crippen molar-refractivity contribution in [2.24, 2.45) is 0 Å². The van der Waals surface area contributed by atoms with Crippen molar-refractivity contribution in [1.29, 1.82) is 5.26 Å². The van der Waals surface area contributed by atoms with Gasteiger partial charge in [-0.05, 0) is 37.3 Å². The van der Waals surface area contributed by atoms with Crippen molar-refractivity contribution in [3.63, 3.8) is 0 Å². The molecule has 158 valence electrons. The molecule has 0 aliphatic heterocycles. The lowest BCUT2D eigenvalue weighted by Crippen LogP contribution is -2.33. The molecule has 2 aromatic carbocycles. The van der Waals surface area contributed by atoms with Gasteiger partial charge in [0, 0.05) is 22.5 Å². The molecule has 0 aliphatic carbocycles. The number of rotatable bonds is 6. The van der Waals surface area contributed by atoms with E-state index in [-0.39, 0.29) is 33.9 Å². The topological polar surface area (TPSA) is 94.0 Å². The normalized spacial score (nSPS) is 10.8. The minimum atomic E-state index is -4.60. The number of hydrogen-bond acceptors (Lipinski definition) is 4. The zero-order valence-electron chi connectivity index (χ0n) is 15.5. The number of alkyl halides is 3. The van der Waals surface area contributed by atoms with Crippen LogP contribution in [-0.4, -0.2) is 31.1 Å². The van der Waals surface area contributed by atoms with Crippen LogP contribution in [0.1, 0.15) is 21.5 Å². The highest BCUT2D eigenvalue weighted by Gasteiger charge is 2.28. The van der Waals surface area contributed by atoms with E-state index < -0.39 is 30.4 Å². The van der Waals surface area contributed by atoms with Gasteiger partial charge < -0.3 is 16.0 Å². The molecule has 11 heteroatoms. The monoisotopic (exact) mass is 442 g/mol. The maximum absolute atomic E-state index is 14.1. The van der Waals surface area contributed by atoms with E-state index in [1.165, 1.54) is 25.1 Å². The van der Waals surface area contributed by atoms with E-state index in [9.17, 15) is 27.2 Å². The molecule has 30 heavy (non-hydrogen) atoms. The van der Waals surface area contributed by atoms with E-state index >= 15 is 0 Å². The van der Waals surface area contributed by atoms with E-state index in [4.69, 9.17) is 16.9 Å². The van der Waals surface area contributed by atoms with Crippen LogP contribution in [0.3, 0.4) is 0 Å². The fourth-order valence-electron chi connectivity index (χ4n) is 2.34. The Bertz CT molecular complexity index is 1020. The van der Waals surface area contributed by atoms with Crippen molar-refractivity contribution in [1.82, 2.24) is 5.32 Å². The highest BCUT2D eigenvalue weighted by molar-refractivity contribution is 6.32. The molecular formula is C19H15ClF4N4O2. The van der Waals surface area contributed by atoms with Gasteiger partial charge in [-0.3, -0.25) is 9.59 Å². The zero-order chi connectivity index (χ0) is 22.5. The predicted octanol–water partition coefficient (Wildman–Crippen LogP) is 4.00. The molecule has 0 heterocycles. The van der Waals surface area contributed by atoms with Crippen molar-refractivity contribution in [2.75, 3.05) is 23.7 Å². The molecule has 2 rings (SSSR count). The van der Waals surface area contributed by atoms with Crippen LogP contribution in [0, 0.1) is 24.1 Å². The number of nitrogens with zero attached hydrogens (tertiary/aromatic N) is 1. The molecule has 0 aliphatic rings. The van der Waals surface area contributed by atoms with Gasteiger partial charge in [-0.25, -0.2) is 4.39 Å². The number of carbonyl (C=O) groups is 2. The fourth-order valence-corrected chi connectivity index (χ4v) is 2.56. The zero-order valence-corrected chi connectivity index (χ0v) is 16.2. The van der Waals surface area contributed by atoms with Crippen molar-refractivity contribution in [3.8, 4) is 6.07 Å². The van der Waals surface area contributed by atoms with Gasteiger partial charge in [-0.1, -0.05) is 11.6 Å². The van der Waals surface area contributed by atoms with Crippen molar-refractivity contribution in [3.05, 3.63) is 57.9 Å². The largest absolute Gasteiger partial charge is 0.405 e. The number of anilines is 2. The highest BCUT2D eigenvalue weighted by Crippen LogP contribution is 2.22. The molecule has 6 nitrogen and oxygen atoms in total. The van der Waals surface area contributed by atoms with Gasteiger partial charge in [-0.15, -0.1) is 0 Å². The van der Waals surface area contributed by atoms with Crippen LogP contribution in [-0.2, 0) is 4.79 Å². The van der Waals surface area contributed by atoms with Gasteiger partial charge in [-0.2, -0.15) is 18.4 Å². The summed E-state index contributed by atoms with van der Waals surface area (Å²) in [6.07, 6.45) is -4.60. The molecule has 0 bridgehead atoms. The third-order valence-corrected chi connectivity index (χ3v) is 4.18. The summed E-state index contributed by atoms with van der Waals surface area (Å²) in [6.45, 7) is -0.501. The Balaban J connectivity index is 2.06. The van der Waals surface area contributed by atoms with Crippen LogP contribution in [0.2, 0.25) is 5.02 Å². The molecule has 0 fully saturated rings. The first-order valence-electron chi connectivity index (χ1n) is 8.38. The number of benzene rings is 2. The van der Waals surface area contributed by atoms with E-state index in [1.807, 2.05) is 6.07 Å². The SMILES string of the molecule is Cc1c(F)cc(C(=O)NCC(F)(F)F)cc1NCC(=O)Nc1ccc(C#N)c(Cl)c1. The molecule has 0 spiro atoms. The third-order valence-electron chi connectivity index (χ3n) is 3.87. The van der Waals surface area contributed by atoms with Gasteiger partial charge >= 0.3 is 6.18 Å². The average Bonchev–Trinajstić information content (AvgIpc) is 2.66. The number of nitrogens with one attached hydrogen (secondary N) is 3. The number of nitriles is 1. The average molecular weight is 443 g/mol. The summed E-state index contributed by atoms with van der Waals surface area (Å²) in [5, 5.41) is 15.8. The maximum atomic E-state index is 14.1. The molecule has 0 aromatic heterocycles. The van der Waals surface area contributed by atoms with Crippen LogP contribution in [0.4, 0.5) is 28.9 Å². The van der Waals surface area contributed by atoms with Gasteiger partial charge in [0.1, 0.15) is 18.4 Å². The van der Waals surface area contributed by atoms with Crippen LogP contribution in [0.25, 0.3) is 0 Å². The molecule has 0 saturated heterocycles.